The fraction of sp³-hybridized carbons (Fsp3) is 0.312. The Bertz CT molecular complexity index is 647. The number of carbonyl (C=O) groups is 1. The third-order valence-electron chi connectivity index (χ3n) is 2.71. The number of rotatable bonds is 4. The second-order valence-corrected chi connectivity index (χ2v) is 5.93. The topological polar surface area (TPSA) is 66.9 Å². The average Bonchev–Trinajstić information content (AvgIpc) is 2.37. The van der Waals surface area contributed by atoms with Gasteiger partial charge in [0.2, 0.25) is 0 Å². The van der Waals surface area contributed by atoms with Gasteiger partial charge in [0.25, 0.3) is 0 Å². The van der Waals surface area contributed by atoms with Crippen molar-refractivity contribution in [1.29, 1.82) is 0 Å². The molecule has 2 N–H and O–H groups in total. The van der Waals surface area contributed by atoms with Gasteiger partial charge in [-0.2, -0.15) is 0 Å². The molecule has 1 aromatic heterocycles. The smallest absolute Gasteiger partial charge is 0.159 e. The summed E-state index contributed by atoms with van der Waals surface area (Å²) in [4.78, 5) is 19.8. The molecule has 1 heterocycles. The molecule has 0 atom stereocenters. The molecule has 5 heteroatoms. The summed E-state index contributed by atoms with van der Waals surface area (Å²) in [6.45, 7) is 7.75. The van der Waals surface area contributed by atoms with Crippen molar-refractivity contribution >= 4 is 23.1 Å². The summed E-state index contributed by atoms with van der Waals surface area (Å²) in [5.74, 6) is 1.47. The van der Waals surface area contributed by atoms with E-state index in [1.165, 1.54) is 6.33 Å². The summed E-state index contributed by atoms with van der Waals surface area (Å²) in [6.07, 6.45) is 1.51. The van der Waals surface area contributed by atoms with Crippen molar-refractivity contribution in [3.05, 3.63) is 42.2 Å². The number of ketones is 1. The first-order valence-corrected chi connectivity index (χ1v) is 6.82. The van der Waals surface area contributed by atoms with Crippen LogP contribution < -0.4 is 10.6 Å². The third kappa shape index (κ3) is 4.56. The van der Waals surface area contributed by atoms with E-state index in [2.05, 4.69) is 41.4 Å². The van der Waals surface area contributed by atoms with Gasteiger partial charge in [-0.3, -0.25) is 4.79 Å². The monoisotopic (exact) mass is 284 g/mol. The fourth-order valence-corrected chi connectivity index (χ4v) is 1.84. The highest BCUT2D eigenvalue weighted by Crippen LogP contribution is 2.19. The van der Waals surface area contributed by atoms with Crippen LogP contribution in [0.2, 0.25) is 0 Å². The molecule has 0 aliphatic heterocycles. The molecule has 2 rings (SSSR count). The Labute approximate surface area is 124 Å². The summed E-state index contributed by atoms with van der Waals surface area (Å²) >= 11 is 0. The molecule has 0 saturated heterocycles. The quantitative estimate of drug-likeness (QED) is 0.839. The number of benzene rings is 1. The maximum absolute atomic E-state index is 11.4. The van der Waals surface area contributed by atoms with Gasteiger partial charge in [-0.15, -0.1) is 0 Å². The van der Waals surface area contributed by atoms with Gasteiger partial charge >= 0.3 is 0 Å². The van der Waals surface area contributed by atoms with Crippen LogP contribution >= 0.6 is 0 Å². The summed E-state index contributed by atoms with van der Waals surface area (Å²) in [5.41, 5.74) is 1.42. The van der Waals surface area contributed by atoms with Crippen molar-refractivity contribution < 1.29 is 4.79 Å². The van der Waals surface area contributed by atoms with Crippen molar-refractivity contribution in [2.75, 3.05) is 10.6 Å². The number of hydrogen-bond donors (Lipinski definition) is 2. The first kappa shape index (κ1) is 15.0. The van der Waals surface area contributed by atoms with Crippen LogP contribution in [0, 0.1) is 0 Å². The molecule has 0 bridgehead atoms. The van der Waals surface area contributed by atoms with Crippen LogP contribution in [0.1, 0.15) is 38.1 Å². The van der Waals surface area contributed by atoms with E-state index in [4.69, 9.17) is 0 Å². The van der Waals surface area contributed by atoms with Crippen molar-refractivity contribution in [2.45, 2.75) is 33.2 Å². The molecule has 0 radical (unpaired) electrons. The van der Waals surface area contributed by atoms with Crippen LogP contribution in [0.25, 0.3) is 0 Å². The van der Waals surface area contributed by atoms with E-state index < -0.39 is 0 Å². The highest BCUT2D eigenvalue weighted by Gasteiger charge is 2.10. The SMILES string of the molecule is CC(=O)c1cccc(Nc2cc(NC(C)(C)C)ncn2)c1. The second-order valence-electron chi connectivity index (χ2n) is 5.93. The van der Waals surface area contributed by atoms with E-state index in [-0.39, 0.29) is 11.3 Å². The van der Waals surface area contributed by atoms with E-state index >= 15 is 0 Å². The largest absolute Gasteiger partial charge is 0.365 e. The zero-order valence-corrected chi connectivity index (χ0v) is 12.8. The molecule has 110 valence electrons. The lowest BCUT2D eigenvalue weighted by Crippen LogP contribution is -2.26. The minimum Gasteiger partial charge on any atom is -0.365 e. The molecular formula is C16H20N4O. The Kier molecular flexibility index (Phi) is 4.21. The lowest BCUT2D eigenvalue weighted by molar-refractivity contribution is 0.101. The molecule has 0 fully saturated rings. The predicted octanol–water partition coefficient (Wildman–Crippen LogP) is 3.63. The van der Waals surface area contributed by atoms with Crippen molar-refractivity contribution in [2.24, 2.45) is 0 Å². The van der Waals surface area contributed by atoms with Crippen molar-refractivity contribution in [3.8, 4) is 0 Å². The van der Waals surface area contributed by atoms with Gasteiger partial charge in [0.15, 0.2) is 5.78 Å². The number of carbonyl (C=O) groups excluding carboxylic acids is 1. The van der Waals surface area contributed by atoms with Crippen LogP contribution in [0.3, 0.4) is 0 Å². The molecule has 0 amide bonds. The number of Topliss-reactive ketones (excluding diaryl/α,β-unsaturated/α-hetero) is 1. The number of aromatic nitrogens is 2. The highest BCUT2D eigenvalue weighted by atomic mass is 16.1. The van der Waals surface area contributed by atoms with Gasteiger partial charge in [0, 0.05) is 22.9 Å². The Morgan fingerprint density at radius 3 is 2.48 bits per heavy atom. The number of hydrogen-bond acceptors (Lipinski definition) is 5. The van der Waals surface area contributed by atoms with Gasteiger partial charge in [0.05, 0.1) is 0 Å². The standard InChI is InChI=1S/C16H20N4O/c1-11(21)12-6-5-7-13(8-12)19-14-9-15(18-10-17-14)20-16(2,3)4/h5-10H,1-4H3,(H2,17,18,19,20). The number of nitrogens with zero attached hydrogens (tertiary/aromatic N) is 2. The molecule has 0 saturated carbocycles. The maximum atomic E-state index is 11.4. The third-order valence-corrected chi connectivity index (χ3v) is 2.71. The van der Waals surface area contributed by atoms with Gasteiger partial charge < -0.3 is 10.6 Å². The lowest BCUT2D eigenvalue weighted by atomic mass is 10.1. The zero-order valence-electron chi connectivity index (χ0n) is 12.8. The maximum Gasteiger partial charge on any atom is 0.159 e. The van der Waals surface area contributed by atoms with E-state index in [9.17, 15) is 4.79 Å². The van der Waals surface area contributed by atoms with Gasteiger partial charge in [-0.05, 0) is 39.8 Å². The summed E-state index contributed by atoms with van der Waals surface area (Å²) in [7, 11) is 0. The predicted molar refractivity (Wildman–Crippen MR) is 85.1 cm³/mol. The van der Waals surface area contributed by atoms with Gasteiger partial charge in [0.1, 0.15) is 18.0 Å². The molecule has 1 aromatic carbocycles. The lowest BCUT2D eigenvalue weighted by Gasteiger charge is -2.21. The molecule has 0 unspecified atom stereocenters. The molecule has 5 nitrogen and oxygen atoms in total. The molecule has 2 aromatic rings. The Balaban J connectivity index is 2.18. The van der Waals surface area contributed by atoms with Crippen LogP contribution in [0.4, 0.5) is 17.3 Å². The van der Waals surface area contributed by atoms with E-state index in [1.54, 1.807) is 19.1 Å². The minimum absolute atomic E-state index is 0.0384. The van der Waals surface area contributed by atoms with Gasteiger partial charge in [-0.25, -0.2) is 9.97 Å². The molecule has 0 aliphatic rings. The molecule has 0 spiro atoms. The van der Waals surface area contributed by atoms with E-state index in [0.717, 1.165) is 11.5 Å². The summed E-state index contributed by atoms with van der Waals surface area (Å²) < 4.78 is 0. The van der Waals surface area contributed by atoms with Crippen LogP contribution in [0.15, 0.2) is 36.7 Å². The number of nitrogens with one attached hydrogen (secondary N) is 2. The van der Waals surface area contributed by atoms with Crippen molar-refractivity contribution in [1.82, 2.24) is 9.97 Å². The Morgan fingerprint density at radius 1 is 1.10 bits per heavy atom. The van der Waals surface area contributed by atoms with E-state index in [0.29, 0.717) is 11.4 Å². The Morgan fingerprint density at radius 2 is 1.81 bits per heavy atom. The molecule has 21 heavy (non-hydrogen) atoms. The first-order valence-electron chi connectivity index (χ1n) is 6.82. The highest BCUT2D eigenvalue weighted by molar-refractivity contribution is 5.95. The van der Waals surface area contributed by atoms with Crippen LogP contribution in [-0.4, -0.2) is 21.3 Å². The molecular weight excluding hydrogens is 264 g/mol. The Hall–Kier alpha value is -2.43. The van der Waals surface area contributed by atoms with Crippen molar-refractivity contribution in [3.63, 3.8) is 0 Å². The summed E-state index contributed by atoms with van der Waals surface area (Å²) in [5, 5.41) is 6.47. The van der Waals surface area contributed by atoms with E-state index in [1.807, 2.05) is 18.2 Å². The average molecular weight is 284 g/mol. The first-order chi connectivity index (χ1) is 9.83. The van der Waals surface area contributed by atoms with Crippen LogP contribution in [-0.2, 0) is 0 Å². The minimum atomic E-state index is -0.0693. The molecule has 0 aliphatic carbocycles. The fourth-order valence-electron chi connectivity index (χ4n) is 1.84. The zero-order chi connectivity index (χ0) is 15.5. The van der Waals surface area contributed by atoms with Gasteiger partial charge in [-0.1, -0.05) is 12.1 Å². The second kappa shape index (κ2) is 5.91. The normalized spacial score (nSPS) is 11.0. The summed E-state index contributed by atoms with van der Waals surface area (Å²) in [6, 6.07) is 9.17. The van der Waals surface area contributed by atoms with Crippen LogP contribution in [0.5, 0.6) is 0 Å². The number of anilines is 3.